The van der Waals surface area contributed by atoms with Gasteiger partial charge in [-0.05, 0) is 13.0 Å². The van der Waals surface area contributed by atoms with Crippen LogP contribution in [0.5, 0.6) is 0 Å². The molecule has 0 aliphatic carbocycles. The Morgan fingerprint density at radius 1 is 1.60 bits per heavy atom. The van der Waals surface area contributed by atoms with Crippen LogP contribution in [-0.4, -0.2) is 24.0 Å². The van der Waals surface area contributed by atoms with Crippen LogP contribution in [0.1, 0.15) is 13.3 Å². The van der Waals surface area contributed by atoms with E-state index < -0.39 is 0 Å². The van der Waals surface area contributed by atoms with Crippen molar-refractivity contribution >= 4 is 23.2 Å². The van der Waals surface area contributed by atoms with Gasteiger partial charge >= 0.3 is 0 Å². The first-order valence-corrected chi connectivity index (χ1v) is 5.22. The molecule has 82 valence electrons. The van der Waals surface area contributed by atoms with Gasteiger partial charge < -0.3 is 10.6 Å². The van der Waals surface area contributed by atoms with Gasteiger partial charge in [0.1, 0.15) is 0 Å². The lowest BCUT2D eigenvalue weighted by Gasteiger charge is -2.07. The molecule has 1 amide bonds. The predicted octanol–water partition coefficient (Wildman–Crippen LogP) is 1.67. The van der Waals surface area contributed by atoms with Gasteiger partial charge in [-0.3, -0.25) is 9.78 Å². The molecule has 0 aromatic carbocycles. The molecule has 0 atom stereocenters. The molecule has 0 bridgehead atoms. The maximum atomic E-state index is 11.1. The van der Waals surface area contributed by atoms with Gasteiger partial charge in [0.05, 0.1) is 10.7 Å². The molecule has 15 heavy (non-hydrogen) atoms. The van der Waals surface area contributed by atoms with Gasteiger partial charge in [0.25, 0.3) is 0 Å². The van der Waals surface area contributed by atoms with E-state index in [9.17, 15) is 4.79 Å². The Morgan fingerprint density at radius 2 is 2.40 bits per heavy atom. The van der Waals surface area contributed by atoms with Crippen LogP contribution in [0.4, 0.5) is 5.69 Å². The number of halogens is 1. The van der Waals surface area contributed by atoms with E-state index in [1.165, 1.54) is 0 Å². The van der Waals surface area contributed by atoms with Crippen molar-refractivity contribution in [1.29, 1.82) is 0 Å². The average Bonchev–Trinajstić information content (AvgIpc) is 2.21. The monoisotopic (exact) mass is 227 g/mol. The zero-order chi connectivity index (χ0) is 11.1. The number of nitrogens with one attached hydrogen (secondary N) is 2. The highest BCUT2D eigenvalue weighted by Gasteiger charge is 2.01. The molecule has 0 unspecified atom stereocenters. The summed E-state index contributed by atoms with van der Waals surface area (Å²) in [6, 6.07) is 1.78. The second kappa shape index (κ2) is 6.24. The van der Waals surface area contributed by atoms with Crippen molar-refractivity contribution in [1.82, 2.24) is 10.3 Å². The van der Waals surface area contributed by atoms with Gasteiger partial charge in [-0.25, -0.2) is 0 Å². The van der Waals surface area contributed by atoms with Crippen molar-refractivity contribution in [2.75, 3.05) is 18.4 Å². The smallest absolute Gasteiger partial charge is 0.221 e. The second-order valence-electron chi connectivity index (χ2n) is 2.99. The molecule has 1 rings (SSSR count). The largest absolute Gasteiger partial charge is 0.383 e. The fourth-order valence-corrected chi connectivity index (χ4v) is 1.30. The number of aromatic nitrogens is 1. The summed E-state index contributed by atoms with van der Waals surface area (Å²) in [5.41, 5.74) is 0.802. The molecule has 0 aliphatic rings. The number of nitrogens with zero attached hydrogens (tertiary/aromatic N) is 1. The number of carbonyl (C=O) groups excluding carboxylic acids is 1. The van der Waals surface area contributed by atoms with Crippen molar-refractivity contribution in [3.63, 3.8) is 0 Å². The molecule has 2 N–H and O–H groups in total. The van der Waals surface area contributed by atoms with E-state index in [0.717, 1.165) is 5.69 Å². The van der Waals surface area contributed by atoms with Gasteiger partial charge in [0.2, 0.25) is 5.91 Å². The predicted molar refractivity (Wildman–Crippen MR) is 61.0 cm³/mol. The standard InChI is InChI=1S/C10H14ClN3O/c1-2-13-10(15)4-6-14-9-3-5-12-7-8(9)11/h3,5,7H,2,4,6H2,1H3,(H,12,14)(H,13,15). The van der Waals surface area contributed by atoms with Crippen LogP contribution in [0.25, 0.3) is 0 Å². The summed E-state index contributed by atoms with van der Waals surface area (Å²) < 4.78 is 0. The van der Waals surface area contributed by atoms with Crippen molar-refractivity contribution in [2.45, 2.75) is 13.3 Å². The number of pyridine rings is 1. The quantitative estimate of drug-likeness (QED) is 0.805. The fraction of sp³-hybridized carbons (Fsp3) is 0.400. The van der Waals surface area contributed by atoms with Crippen molar-refractivity contribution in [3.8, 4) is 0 Å². The molecule has 4 nitrogen and oxygen atoms in total. The molecule has 0 saturated heterocycles. The highest BCUT2D eigenvalue weighted by molar-refractivity contribution is 6.33. The summed E-state index contributed by atoms with van der Waals surface area (Å²) in [5, 5.41) is 6.35. The first-order chi connectivity index (χ1) is 7.24. The van der Waals surface area contributed by atoms with Crippen LogP contribution in [0, 0.1) is 0 Å². The molecule has 1 aromatic heterocycles. The molecule has 0 saturated carbocycles. The zero-order valence-electron chi connectivity index (χ0n) is 8.59. The number of hydrogen-bond donors (Lipinski definition) is 2. The van der Waals surface area contributed by atoms with Crippen LogP contribution in [0.2, 0.25) is 5.02 Å². The van der Waals surface area contributed by atoms with E-state index in [0.29, 0.717) is 24.5 Å². The Morgan fingerprint density at radius 3 is 3.07 bits per heavy atom. The lowest BCUT2D eigenvalue weighted by atomic mass is 10.3. The molecule has 0 fully saturated rings. The Balaban J connectivity index is 2.32. The molecule has 1 heterocycles. The maximum Gasteiger partial charge on any atom is 0.221 e. The summed E-state index contributed by atoms with van der Waals surface area (Å²) in [5.74, 6) is 0.0372. The lowest BCUT2D eigenvalue weighted by molar-refractivity contribution is -0.120. The molecule has 0 spiro atoms. The molecule has 0 radical (unpaired) electrons. The normalized spacial score (nSPS) is 9.73. The fourth-order valence-electron chi connectivity index (χ4n) is 1.11. The van der Waals surface area contributed by atoms with Gasteiger partial charge in [0.15, 0.2) is 0 Å². The van der Waals surface area contributed by atoms with E-state index in [1.807, 2.05) is 6.92 Å². The first-order valence-electron chi connectivity index (χ1n) is 4.84. The van der Waals surface area contributed by atoms with Crippen molar-refractivity contribution < 1.29 is 4.79 Å². The summed E-state index contributed by atoms with van der Waals surface area (Å²) in [7, 11) is 0. The minimum atomic E-state index is 0.0372. The van der Waals surface area contributed by atoms with Crippen LogP contribution in [0.3, 0.4) is 0 Å². The highest BCUT2D eigenvalue weighted by atomic mass is 35.5. The van der Waals surface area contributed by atoms with E-state index in [2.05, 4.69) is 15.6 Å². The molecule has 5 heteroatoms. The Hall–Kier alpha value is -1.29. The third kappa shape index (κ3) is 4.16. The number of hydrogen-bond acceptors (Lipinski definition) is 3. The first kappa shape index (κ1) is 11.8. The zero-order valence-corrected chi connectivity index (χ0v) is 9.34. The topological polar surface area (TPSA) is 54.0 Å². The van der Waals surface area contributed by atoms with Crippen molar-refractivity contribution in [3.05, 3.63) is 23.5 Å². The summed E-state index contributed by atoms with van der Waals surface area (Å²) >= 11 is 5.88. The van der Waals surface area contributed by atoms with Gasteiger partial charge in [0, 0.05) is 31.9 Å². The third-order valence-corrected chi connectivity index (χ3v) is 2.12. The van der Waals surface area contributed by atoms with Crippen LogP contribution < -0.4 is 10.6 Å². The van der Waals surface area contributed by atoms with Crippen molar-refractivity contribution in [2.24, 2.45) is 0 Å². The minimum Gasteiger partial charge on any atom is -0.383 e. The Kier molecular flexibility index (Phi) is 4.90. The molecule has 0 aliphatic heterocycles. The Labute approximate surface area is 94.0 Å². The SMILES string of the molecule is CCNC(=O)CCNc1ccncc1Cl. The summed E-state index contributed by atoms with van der Waals surface area (Å²) in [6.45, 7) is 3.12. The second-order valence-corrected chi connectivity index (χ2v) is 3.39. The number of anilines is 1. The number of amides is 1. The van der Waals surface area contributed by atoms with Gasteiger partial charge in [-0.2, -0.15) is 0 Å². The molecule has 1 aromatic rings. The van der Waals surface area contributed by atoms with Gasteiger partial charge in [-0.1, -0.05) is 11.6 Å². The van der Waals surface area contributed by atoms with E-state index >= 15 is 0 Å². The molecular formula is C10H14ClN3O. The summed E-state index contributed by atoms with van der Waals surface area (Å²) in [6.07, 6.45) is 3.66. The minimum absolute atomic E-state index is 0.0372. The Bertz CT molecular complexity index is 330. The number of carbonyl (C=O) groups is 1. The van der Waals surface area contributed by atoms with E-state index in [1.54, 1.807) is 18.5 Å². The molecular weight excluding hydrogens is 214 g/mol. The summed E-state index contributed by atoms with van der Waals surface area (Å²) in [4.78, 5) is 15.0. The third-order valence-electron chi connectivity index (χ3n) is 1.81. The van der Waals surface area contributed by atoms with E-state index in [4.69, 9.17) is 11.6 Å². The van der Waals surface area contributed by atoms with Crippen LogP contribution >= 0.6 is 11.6 Å². The highest BCUT2D eigenvalue weighted by Crippen LogP contribution is 2.18. The maximum absolute atomic E-state index is 11.1. The van der Waals surface area contributed by atoms with Crippen LogP contribution in [0.15, 0.2) is 18.5 Å². The van der Waals surface area contributed by atoms with Gasteiger partial charge in [-0.15, -0.1) is 0 Å². The van der Waals surface area contributed by atoms with E-state index in [-0.39, 0.29) is 5.91 Å². The number of rotatable bonds is 5. The van der Waals surface area contributed by atoms with Crippen LogP contribution in [-0.2, 0) is 4.79 Å². The lowest BCUT2D eigenvalue weighted by Crippen LogP contribution is -2.24. The average molecular weight is 228 g/mol.